The molecule has 1 aromatic carbocycles. The average molecular weight is 419 g/mol. The van der Waals surface area contributed by atoms with E-state index in [9.17, 15) is 4.79 Å². The summed E-state index contributed by atoms with van der Waals surface area (Å²) in [5.74, 6) is 0.661. The Hall–Kier alpha value is -0.850. The Morgan fingerprint density at radius 2 is 1.63 bits per heavy atom. The van der Waals surface area contributed by atoms with Crippen LogP contribution in [-0.4, -0.2) is 73.0 Å². The third kappa shape index (κ3) is 9.26. The largest absolute Gasteiger partial charge is 0.345 e. The van der Waals surface area contributed by atoms with Gasteiger partial charge in [-0.15, -0.1) is 24.8 Å². The smallest absolute Gasteiger partial charge is 0.236 e. The molecule has 156 valence electrons. The molecule has 0 aromatic heterocycles. The van der Waals surface area contributed by atoms with E-state index < -0.39 is 0 Å². The summed E-state index contributed by atoms with van der Waals surface area (Å²) < 4.78 is 0. The second-order valence-electron chi connectivity index (χ2n) is 7.55. The summed E-state index contributed by atoms with van der Waals surface area (Å²) >= 11 is 0. The average Bonchev–Trinajstić information content (AvgIpc) is 2.61. The fourth-order valence-corrected chi connectivity index (χ4v) is 3.06. The van der Waals surface area contributed by atoms with Gasteiger partial charge in [0.25, 0.3) is 0 Å². The number of hydrogen-bond donors (Lipinski definition) is 1. The Kier molecular flexibility index (Phi) is 12.9. The molecule has 1 atom stereocenters. The molecule has 0 bridgehead atoms. The van der Waals surface area contributed by atoms with Crippen LogP contribution in [0.15, 0.2) is 30.3 Å². The zero-order valence-corrected chi connectivity index (χ0v) is 18.5. The van der Waals surface area contributed by atoms with E-state index in [0.29, 0.717) is 12.5 Å². The van der Waals surface area contributed by atoms with E-state index in [4.69, 9.17) is 5.73 Å². The quantitative estimate of drug-likeness (QED) is 0.704. The minimum Gasteiger partial charge on any atom is -0.345 e. The summed E-state index contributed by atoms with van der Waals surface area (Å²) in [7, 11) is 1.89. The maximum absolute atomic E-state index is 12.4. The SMILES string of the molecule is CC(C)C(N)CCN(C)C(=O)CN1CCN(Cc2ccccc2)CC1.Cl.Cl. The van der Waals surface area contributed by atoms with Crippen molar-refractivity contribution < 1.29 is 4.79 Å². The summed E-state index contributed by atoms with van der Waals surface area (Å²) in [6.07, 6.45) is 0.866. The number of carbonyl (C=O) groups is 1. The predicted octanol–water partition coefficient (Wildman–Crippen LogP) is 2.48. The number of carbonyl (C=O) groups excluding carboxylic acids is 1. The number of amides is 1. The molecule has 1 fully saturated rings. The minimum absolute atomic E-state index is 0. The lowest BCUT2D eigenvalue weighted by Gasteiger charge is -2.35. The van der Waals surface area contributed by atoms with Gasteiger partial charge < -0.3 is 10.6 Å². The van der Waals surface area contributed by atoms with E-state index in [0.717, 1.165) is 45.7 Å². The van der Waals surface area contributed by atoms with Crippen LogP contribution in [0.4, 0.5) is 0 Å². The molecule has 1 aliphatic heterocycles. The van der Waals surface area contributed by atoms with Gasteiger partial charge in [-0.05, 0) is 17.9 Å². The number of halogens is 2. The Balaban J connectivity index is 0.00000338. The molecule has 7 heteroatoms. The van der Waals surface area contributed by atoms with Gasteiger partial charge in [-0.2, -0.15) is 0 Å². The van der Waals surface area contributed by atoms with Crippen molar-refractivity contribution in [1.82, 2.24) is 14.7 Å². The second kappa shape index (κ2) is 13.3. The van der Waals surface area contributed by atoms with E-state index in [1.807, 2.05) is 11.9 Å². The normalized spacial score (nSPS) is 16.3. The molecule has 0 saturated carbocycles. The maximum atomic E-state index is 12.4. The number of rotatable bonds is 8. The molecule has 2 rings (SSSR count). The van der Waals surface area contributed by atoms with Crippen LogP contribution >= 0.6 is 24.8 Å². The lowest BCUT2D eigenvalue weighted by Crippen LogP contribution is -2.49. The third-order valence-corrected chi connectivity index (χ3v) is 5.15. The van der Waals surface area contributed by atoms with Crippen molar-refractivity contribution in [2.45, 2.75) is 32.9 Å². The summed E-state index contributed by atoms with van der Waals surface area (Å²) in [6, 6.07) is 10.7. The molecule has 1 aromatic rings. The topological polar surface area (TPSA) is 52.8 Å². The molecule has 0 spiro atoms. The van der Waals surface area contributed by atoms with Crippen molar-refractivity contribution in [3.63, 3.8) is 0 Å². The van der Waals surface area contributed by atoms with Crippen LogP contribution in [0.2, 0.25) is 0 Å². The molecular weight excluding hydrogens is 383 g/mol. The van der Waals surface area contributed by atoms with Gasteiger partial charge in [0.1, 0.15) is 0 Å². The molecule has 1 aliphatic rings. The lowest BCUT2D eigenvalue weighted by atomic mass is 10.0. The monoisotopic (exact) mass is 418 g/mol. The standard InChI is InChI=1S/C20H34N4O.2ClH/c1-17(2)19(21)9-10-22(3)20(25)16-24-13-11-23(12-14-24)15-18-7-5-4-6-8-18;;/h4-8,17,19H,9-16,21H2,1-3H3;2*1H. The molecule has 1 saturated heterocycles. The van der Waals surface area contributed by atoms with E-state index in [1.165, 1.54) is 5.56 Å². The van der Waals surface area contributed by atoms with Gasteiger partial charge in [-0.25, -0.2) is 0 Å². The molecular formula is C20H36Cl2N4O. The predicted molar refractivity (Wildman–Crippen MR) is 118 cm³/mol. The Labute approximate surface area is 177 Å². The first-order chi connectivity index (χ1) is 12.0. The van der Waals surface area contributed by atoms with E-state index in [2.05, 4.69) is 54.0 Å². The van der Waals surface area contributed by atoms with Crippen molar-refractivity contribution in [3.8, 4) is 0 Å². The third-order valence-electron chi connectivity index (χ3n) is 5.15. The van der Waals surface area contributed by atoms with Gasteiger partial charge in [-0.1, -0.05) is 44.2 Å². The molecule has 27 heavy (non-hydrogen) atoms. The number of benzene rings is 1. The van der Waals surface area contributed by atoms with Crippen LogP contribution in [-0.2, 0) is 11.3 Å². The lowest BCUT2D eigenvalue weighted by molar-refractivity contribution is -0.131. The summed E-state index contributed by atoms with van der Waals surface area (Å²) in [5, 5.41) is 0. The van der Waals surface area contributed by atoms with Gasteiger partial charge in [0.15, 0.2) is 0 Å². The Morgan fingerprint density at radius 3 is 2.19 bits per heavy atom. The van der Waals surface area contributed by atoms with Crippen molar-refractivity contribution in [3.05, 3.63) is 35.9 Å². The summed E-state index contributed by atoms with van der Waals surface area (Å²) in [6.45, 7) is 10.5. The molecule has 1 unspecified atom stereocenters. The maximum Gasteiger partial charge on any atom is 0.236 e. The van der Waals surface area contributed by atoms with Crippen molar-refractivity contribution >= 4 is 30.7 Å². The van der Waals surface area contributed by atoms with Crippen LogP contribution in [0, 0.1) is 5.92 Å². The number of nitrogens with zero attached hydrogens (tertiary/aromatic N) is 3. The fraction of sp³-hybridized carbons (Fsp3) is 0.650. The van der Waals surface area contributed by atoms with Crippen molar-refractivity contribution in [2.75, 3.05) is 46.3 Å². The van der Waals surface area contributed by atoms with Gasteiger partial charge in [0.05, 0.1) is 6.54 Å². The number of nitrogens with two attached hydrogens (primary N) is 1. The van der Waals surface area contributed by atoms with Gasteiger partial charge in [-0.3, -0.25) is 14.6 Å². The van der Waals surface area contributed by atoms with Gasteiger partial charge in [0, 0.05) is 52.4 Å². The molecule has 2 N–H and O–H groups in total. The highest BCUT2D eigenvalue weighted by molar-refractivity contribution is 5.85. The number of hydrogen-bond acceptors (Lipinski definition) is 4. The van der Waals surface area contributed by atoms with E-state index >= 15 is 0 Å². The van der Waals surface area contributed by atoms with Gasteiger partial charge >= 0.3 is 0 Å². The Morgan fingerprint density at radius 1 is 1.07 bits per heavy atom. The highest BCUT2D eigenvalue weighted by atomic mass is 35.5. The molecule has 0 radical (unpaired) electrons. The highest BCUT2D eigenvalue weighted by Gasteiger charge is 2.21. The summed E-state index contributed by atoms with van der Waals surface area (Å²) in [4.78, 5) is 19.0. The minimum atomic E-state index is 0. The van der Waals surface area contributed by atoms with Crippen LogP contribution in [0.5, 0.6) is 0 Å². The van der Waals surface area contributed by atoms with Crippen LogP contribution < -0.4 is 5.73 Å². The first-order valence-corrected chi connectivity index (χ1v) is 9.44. The first-order valence-electron chi connectivity index (χ1n) is 9.44. The number of likely N-dealkylation sites (N-methyl/N-ethyl adjacent to an activating group) is 1. The molecule has 5 nitrogen and oxygen atoms in total. The van der Waals surface area contributed by atoms with Crippen molar-refractivity contribution in [1.29, 1.82) is 0 Å². The zero-order chi connectivity index (χ0) is 18.2. The van der Waals surface area contributed by atoms with Crippen LogP contribution in [0.3, 0.4) is 0 Å². The van der Waals surface area contributed by atoms with Crippen LogP contribution in [0.1, 0.15) is 25.8 Å². The zero-order valence-electron chi connectivity index (χ0n) is 16.8. The molecule has 1 heterocycles. The summed E-state index contributed by atoms with van der Waals surface area (Å²) in [5.41, 5.74) is 7.43. The van der Waals surface area contributed by atoms with E-state index in [-0.39, 0.29) is 36.8 Å². The van der Waals surface area contributed by atoms with Gasteiger partial charge in [0.2, 0.25) is 5.91 Å². The molecule has 1 amide bonds. The fourth-order valence-electron chi connectivity index (χ4n) is 3.06. The van der Waals surface area contributed by atoms with Crippen molar-refractivity contribution in [2.24, 2.45) is 11.7 Å². The molecule has 0 aliphatic carbocycles. The first kappa shape index (κ1) is 26.1. The second-order valence-corrected chi connectivity index (χ2v) is 7.55. The number of piperazine rings is 1. The highest BCUT2D eigenvalue weighted by Crippen LogP contribution is 2.09. The Bertz CT molecular complexity index is 522. The van der Waals surface area contributed by atoms with E-state index in [1.54, 1.807) is 0 Å². The van der Waals surface area contributed by atoms with Crippen LogP contribution in [0.25, 0.3) is 0 Å².